The minimum absolute atomic E-state index is 0.0463. The number of hydrogen-bond donors (Lipinski definition) is 1. The van der Waals surface area contributed by atoms with Crippen LogP contribution in [0, 0.1) is 18.3 Å². The highest BCUT2D eigenvalue weighted by atomic mass is 32.1. The first-order valence-electron chi connectivity index (χ1n) is 9.87. The largest absolute Gasteiger partial charge is 0.495 e. The predicted octanol–water partition coefficient (Wildman–Crippen LogP) is 3.66. The van der Waals surface area contributed by atoms with E-state index in [1.165, 1.54) is 10.4 Å². The lowest BCUT2D eigenvalue weighted by Gasteiger charge is -2.24. The lowest BCUT2D eigenvalue weighted by molar-refractivity contribution is -0.676. The molecule has 1 heterocycles. The molecule has 3 aromatic rings. The molecule has 1 atom stereocenters. The fourth-order valence-electron chi connectivity index (χ4n) is 3.38. The van der Waals surface area contributed by atoms with E-state index in [0.29, 0.717) is 18.0 Å². The molecule has 30 heavy (non-hydrogen) atoms. The number of nitriles is 1. The van der Waals surface area contributed by atoms with Crippen molar-refractivity contribution in [1.82, 2.24) is 0 Å². The summed E-state index contributed by atoms with van der Waals surface area (Å²) in [6.45, 7) is 2.66. The highest BCUT2D eigenvalue weighted by Gasteiger charge is 2.24. The Bertz CT molecular complexity index is 994. The standard InChI is InChI=1S/C24H25N3O2S/c1-18-10-12-19(13-11-18)24(22-9-5-16-30-22)26-17-23(28)27(15-6-14-25)20-7-3-4-8-21(20)29-2/h3-5,7-13,16,24,26H,6,15,17H2,1-2H3/p+1/t24-/m1/s1. The number of anilines is 1. The zero-order chi connectivity index (χ0) is 21.3. The highest BCUT2D eigenvalue weighted by molar-refractivity contribution is 7.10. The summed E-state index contributed by atoms with van der Waals surface area (Å²) in [5, 5.41) is 13.2. The van der Waals surface area contributed by atoms with E-state index in [-0.39, 0.29) is 24.9 Å². The van der Waals surface area contributed by atoms with E-state index in [9.17, 15) is 4.79 Å². The molecule has 154 valence electrons. The molecule has 6 heteroatoms. The van der Waals surface area contributed by atoms with Crippen molar-refractivity contribution < 1.29 is 14.8 Å². The minimum Gasteiger partial charge on any atom is -0.495 e. The number of hydrogen-bond acceptors (Lipinski definition) is 4. The van der Waals surface area contributed by atoms with E-state index < -0.39 is 0 Å². The molecule has 2 N–H and O–H groups in total. The van der Waals surface area contributed by atoms with E-state index in [0.717, 1.165) is 5.56 Å². The maximum Gasteiger partial charge on any atom is 0.282 e. The summed E-state index contributed by atoms with van der Waals surface area (Å²) in [5.41, 5.74) is 3.06. The summed E-state index contributed by atoms with van der Waals surface area (Å²) >= 11 is 1.69. The molecule has 0 unspecified atom stereocenters. The number of carbonyl (C=O) groups excluding carboxylic acids is 1. The number of nitrogens with zero attached hydrogens (tertiary/aromatic N) is 2. The Balaban J connectivity index is 1.81. The third kappa shape index (κ3) is 5.26. The Hall–Kier alpha value is -3.14. The first kappa shape index (κ1) is 21.6. The van der Waals surface area contributed by atoms with Gasteiger partial charge in [0.05, 0.1) is 30.2 Å². The van der Waals surface area contributed by atoms with Gasteiger partial charge in [0.2, 0.25) is 0 Å². The molecular weight excluding hydrogens is 394 g/mol. The molecule has 0 saturated carbocycles. The molecule has 2 aromatic carbocycles. The molecule has 5 nitrogen and oxygen atoms in total. The van der Waals surface area contributed by atoms with Gasteiger partial charge < -0.3 is 15.0 Å². The molecule has 1 aromatic heterocycles. The van der Waals surface area contributed by atoms with Crippen LogP contribution in [0.25, 0.3) is 0 Å². The summed E-state index contributed by atoms with van der Waals surface area (Å²) in [5.74, 6) is 0.570. The second-order valence-electron chi connectivity index (χ2n) is 6.97. The van der Waals surface area contributed by atoms with Crippen LogP contribution in [-0.4, -0.2) is 26.1 Å². The predicted molar refractivity (Wildman–Crippen MR) is 120 cm³/mol. The quantitative estimate of drug-likeness (QED) is 0.574. The average molecular weight is 421 g/mol. The van der Waals surface area contributed by atoms with Crippen molar-refractivity contribution >= 4 is 22.9 Å². The zero-order valence-corrected chi connectivity index (χ0v) is 18.1. The molecule has 0 aliphatic heterocycles. The van der Waals surface area contributed by atoms with Gasteiger partial charge >= 0.3 is 0 Å². The van der Waals surface area contributed by atoms with E-state index >= 15 is 0 Å². The summed E-state index contributed by atoms with van der Waals surface area (Å²) in [6.07, 6.45) is 0.260. The number of rotatable bonds is 9. The maximum absolute atomic E-state index is 13.2. The van der Waals surface area contributed by atoms with Gasteiger partial charge in [0.15, 0.2) is 6.54 Å². The first-order valence-corrected chi connectivity index (χ1v) is 10.8. The van der Waals surface area contributed by atoms with E-state index in [1.807, 2.05) is 30.3 Å². The molecule has 0 aliphatic rings. The van der Waals surface area contributed by atoms with E-state index in [1.54, 1.807) is 23.3 Å². The number of ether oxygens (including phenoxy) is 1. The van der Waals surface area contributed by atoms with Crippen LogP contribution < -0.4 is 15.0 Å². The number of para-hydroxylation sites is 2. The van der Waals surface area contributed by atoms with Crippen LogP contribution in [0.2, 0.25) is 0 Å². The van der Waals surface area contributed by atoms with Gasteiger partial charge in [-0.3, -0.25) is 4.79 Å². The van der Waals surface area contributed by atoms with Gasteiger partial charge in [-0.15, -0.1) is 11.3 Å². The number of carbonyl (C=O) groups is 1. The van der Waals surface area contributed by atoms with Crippen molar-refractivity contribution in [2.45, 2.75) is 19.4 Å². The SMILES string of the molecule is COc1ccccc1N(CCC#N)C(=O)C[NH2+][C@H](c1ccc(C)cc1)c1cccs1. The van der Waals surface area contributed by atoms with E-state index in [2.05, 4.69) is 54.0 Å². The molecule has 0 radical (unpaired) electrons. The maximum atomic E-state index is 13.2. The molecule has 0 saturated heterocycles. The summed E-state index contributed by atoms with van der Waals surface area (Å²) in [4.78, 5) is 16.1. The normalized spacial score (nSPS) is 11.5. The van der Waals surface area contributed by atoms with Gasteiger partial charge in [0, 0.05) is 12.1 Å². The molecule has 0 aliphatic carbocycles. The molecular formula is C24H26N3O2S+. The number of nitrogens with two attached hydrogens (primary N) is 1. The average Bonchev–Trinajstić information content (AvgIpc) is 3.30. The van der Waals surface area contributed by atoms with Gasteiger partial charge in [0.1, 0.15) is 11.8 Å². The van der Waals surface area contributed by atoms with Gasteiger partial charge in [-0.1, -0.05) is 48.0 Å². The topological polar surface area (TPSA) is 69.9 Å². The van der Waals surface area contributed by atoms with Gasteiger partial charge in [-0.05, 0) is 30.5 Å². The van der Waals surface area contributed by atoms with Crippen LogP contribution in [-0.2, 0) is 4.79 Å². The molecule has 0 spiro atoms. The first-order chi connectivity index (χ1) is 14.6. The van der Waals surface area contributed by atoms with Crippen molar-refractivity contribution in [2.75, 3.05) is 25.1 Å². The lowest BCUT2D eigenvalue weighted by atomic mass is 10.0. The van der Waals surface area contributed by atoms with Crippen LogP contribution >= 0.6 is 11.3 Å². The molecule has 1 amide bonds. The van der Waals surface area contributed by atoms with Crippen molar-refractivity contribution in [1.29, 1.82) is 5.26 Å². The van der Waals surface area contributed by atoms with Gasteiger partial charge in [0.25, 0.3) is 5.91 Å². The number of benzene rings is 2. The molecule has 3 rings (SSSR count). The summed E-state index contributed by atoms with van der Waals surface area (Å²) < 4.78 is 5.44. The summed E-state index contributed by atoms with van der Waals surface area (Å²) in [6, 6.07) is 22.2. The number of aryl methyl sites for hydroxylation is 1. The van der Waals surface area contributed by atoms with Crippen molar-refractivity contribution in [2.24, 2.45) is 0 Å². The molecule has 0 bridgehead atoms. The Morgan fingerprint density at radius 1 is 1.17 bits per heavy atom. The second-order valence-corrected chi connectivity index (χ2v) is 7.95. The fraction of sp³-hybridized carbons (Fsp3) is 0.250. The van der Waals surface area contributed by atoms with Crippen LogP contribution in [0.5, 0.6) is 5.75 Å². The number of thiophene rings is 1. The third-order valence-electron chi connectivity index (χ3n) is 4.94. The van der Waals surface area contributed by atoms with Crippen LogP contribution in [0.3, 0.4) is 0 Å². The Morgan fingerprint density at radius 2 is 1.93 bits per heavy atom. The summed E-state index contributed by atoms with van der Waals surface area (Å²) in [7, 11) is 1.59. The smallest absolute Gasteiger partial charge is 0.282 e. The third-order valence-corrected chi connectivity index (χ3v) is 5.89. The van der Waals surface area contributed by atoms with Crippen LogP contribution in [0.4, 0.5) is 5.69 Å². The van der Waals surface area contributed by atoms with Crippen LogP contribution in [0.1, 0.15) is 28.5 Å². The Labute approximate surface area is 181 Å². The number of quaternary nitrogens is 1. The highest BCUT2D eigenvalue weighted by Crippen LogP contribution is 2.28. The van der Waals surface area contributed by atoms with Crippen LogP contribution in [0.15, 0.2) is 66.0 Å². The lowest BCUT2D eigenvalue weighted by Crippen LogP contribution is -2.87. The number of amides is 1. The fourth-order valence-corrected chi connectivity index (χ4v) is 4.23. The number of methoxy groups -OCH3 is 1. The zero-order valence-electron chi connectivity index (χ0n) is 17.2. The Morgan fingerprint density at radius 3 is 2.60 bits per heavy atom. The van der Waals surface area contributed by atoms with Crippen molar-refractivity contribution in [3.8, 4) is 11.8 Å². The minimum atomic E-state index is -0.0524. The van der Waals surface area contributed by atoms with Crippen molar-refractivity contribution in [3.63, 3.8) is 0 Å². The van der Waals surface area contributed by atoms with Gasteiger partial charge in [-0.2, -0.15) is 5.26 Å². The Kier molecular flexibility index (Phi) is 7.61. The van der Waals surface area contributed by atoms with E-state index in [4.69, 9.17) is 10.00 Å². The molecule has 0 fully saturated rings. The van der Waals surface area contributed by atoms with Crippen molar-refractivity contribution in [3.05, 3.63) is 82.0 Å². The second kappa shape index (κ2) is 10.6. The van der Waals surface area contributed by atoms with Gasteiger partial charge in [-0.25, -0.2) is 0 Å². The monoisotopic (exact) mass is 420 g/mol.